The summed E-state index contributed by atoms with van der Waals surface area (Å²) < 4.78 is 44.4. The normalized spacial score (nSPS) is 27.9. The molecule has 1 N–H and O–H groups in total. The fraction of sp³-hybridized carbons (Fsp3) is 0.414. The monoisotopic (exact) mass is 553 g/mol. The molecule has 1 aromatic carbocycles. The van der Waals surface area contributed by atoms with Gasteiger partial charge in [0.15, 0.2) is 22.9 Å². The Morgan fingerprint density at radius 2 is 2.10 bits per heavy atom. The summed E-state index contributed by atoms with van der Waals surface area (Å²) >= 11 is 6.30. The molecular formula is C29H26ClF2N3O4. The molecule has 4 atom stereocenters. The van der Waals surface area contributed by atoms with Crippen LogP contribution in [0.3, 0.4) is 0 Å². The molecule has 202 valence electrons. The number of benzene rings is 1. The van der Waals surface area contributed by atoms with Crippen molar-refractivity contribution >= 4 is 23.2 Å². The van der Waals surface area contributed by atoms with Crippen molar-refractivity contribution in [3.05, 3.63) is 70.6 Å². The van der Waals surface area contributed by atoms with Crippen LogP contribution < -0.4 is 4.74 Å². The molecule has 3 aliphatic carbocycles. The van der Waals surface area contributed by atoms with Gasteiger partial charge in [0.25, 0.3) is 0 Å². The van der Waals surface area contributed by atoms with E-state index in [-0.39, 0.29) is 57.5 Å². The van der Waals surface area contributed by atoms with Crippen LogP contribution >= 0.6 is 11.6 Å². The first-order valence-electron chi connectivity index (χ1n) is 13.2. The number of rotatable bonds is 7. The second-order valence-corrected chi connectivity index (χ2v) is 11.8. The van der Waals surface area contributed by atoms with Crippen LogP contribution in [0.4, 0.5) is 8.78 Å². The number of carboxylic acid groups (broad SMARTS) is 1. The van der Waals surface area contributed by atoms with Gasteiger partial charge in [-0.05, 0) is 73.8 Å². The van der Waals surface area contributed by atoms with E-state index in [0.717, 1.165) is 24.8 Å². The lowest BCUT2D eigenvalue weighted by molar-refractivity contribution is 0.0182. The van der Waals surface area contributed by atoms with Gasteiger partial charge >= 0.3 is 5.97 Å². The van der Waals surface area contributed by atoms with Crippen molar-refractivity contribution in [3.63, 3.8) is 0 Å². The number of pyridine rings is 1. The molecule has 10 heteroatoms. The zero-order chi connectivity index (χ0) is 27.1. The predicted octanol–water partition coefficient (Wildman–Crippen LogP) is 6.83. The standard InChI is InChI=1S/C29H26ClF2N3O4/c1-15-10-28(32,11-18-12-29(15,18)17-7-8-35-21(27(36)37)13-33-22(35)9-17)14-38-26-24(34-39-25(26)16-5-6-16)23-19(30)3-2-4-20(23)31/h2-4,7-9,13,15-16,18H,5-6,10-12,14H2,1H3,(H,36,37)/t15?,18?,28?,29-/m1/s1. The third kappa shape index (κ3) is 3.84. The molecule has 7 nitrogen and oxygen atoms in total. The second kappa shape index (κ2) is 8.52. The number of carboxylic acids is 1. The average molecular weight is 554 g/mol. The van der Waals surface area contributed by atoms with Gasteiger partial charge in [0.1, 0.15) is 23.7 Å². The second-order valence-electron chi connectivity index (χ2n) is 11.4. The van der Waals surface area contributed by atoms with Crippen LogP contribution in [0, 0.1) is 17.7 Å². The summed E-state index contributed by atoms with van der Waals surface area (Å²) in [6.45, 7) is 1.87. The van der Waals surface area contributed by atoms with Gasteiger partial charge in [-0.2, -0.15) is 0 Å². The van der Waals surface area contributed by atoms with Crippen molar-refractivity contribution in [1.82, 2.24) is 14.5 Å². The summed E-state index contributed by atoms with van der Waals surface area (Å²) in [5.41, 5.74) is 0.245. The first-order chi connectivity index (χ1) is 18.7. The molecule has 7 rings (SSSR count). The fourth-order valence-corrected chi connectivity index (χ4v) is 7.02. The summed E-state index contributed by atoms with van der Waals surface area (Å²) in [5, 5.41) is 13.7. The number of hydrogen-bond acceptors (Lipinski definition) is 5. The quantitative estimate of drug-likeness (QED) is 0.270. The van der Waals surface area contributed by atoms with Crippen LogP contribution in [-0.4, -0.2) is 37.9 Å². The molecule has 3 unspecified atom stereocenters. The molecule has 4 aromatic rings. The van der Waals surface area contributed by atoms with E-state index < -0.39 is 17.5 Å². The molecular weight excluding hydrogens is 528 g/mol. The maximum absolute atomic E-state index is 16.4. The number of aromatic carboxylic acids is 1. The van der Waals surface area contributed by atoms with Crippen LogP contribution in [0.1, 0.15) is 66.8 Å². The maximum atomic E-state index is 16.4. The van der Waals surface area contributed by atoms with Gasteiger partial charge in [-0.25, -0.2) is 18.6 Å². The highest BCUT2D eigenvalue weighted by Gasteiger charge is 2.65. The van der Waals surface area contributed by atoms with Gasteiger partial charge in [0.2, 0.25) is 0 Å². The van der Waals surface area contributed by atoms with Crippen LogP contribution in [0.2, 0.25) is 5.02 Å². The Hall–Kier alpha value is -3.46. The lowest BCUT2D eigenvalue weighted by Gasteiger charge is -2.38. The van der Waals surface area contributed by atoms with Gasteiger partial charge < -0.3 is 14.4 Å². The molecule has 0 radical (unpaired) electrons. The van der Waals surface area contributed by atoms with Gasteiger partial charge in [-0.3, -0.25) is 4.40 Å². The molecule has 0 amide bonds. The Balaban J connectivity index is 1.13. The molecule has 3 heterocycles. The molecule has 3 aliphatic rings. The molecule has 0 spiro atoms. The Bertz CT molecular complexity index is 1610. The minimum absolute atomic E-state index is 0.0204. The van der Waals surface area contributed by atoms with Crippen molar-refractivity contribution in [3.8, 4) is 17.0 Å². The van der Waals surface area contributed by atoms with E-state index in [1.54, 1.807) is 16.7 Å². The fourth-order valence-electron chi connectivity index (χ4n) is 6.77. The number of alkyl halides is 1. The molecule has 0 aliphatic heterocycles. The van der Waals surface area contributed by atoms with Crippen molar-refractivity contribution < 1.29 is 27.9 Å². The van der Waals surface area contributed by atoms with Gasteiger partial charge in [-0.1, -0.05) is 29.7 Å². The molecule has 0 bridgehead atoms. The van der Waals surface area contributed by atoms with Gasteiger partial charge in [0.05, 0.1) is 16.8 Å². The van der Waals surface area contributed by atoms with Crippen molar-refractivity contribution in [2.24, 2.45) is 11.8 Å². The SMILES string of the molecule is CC1CC(F)(COc2c(-c3c(F)cccc3Cl)noc2C2CC2)CC2C[C@]12c1ccn2c(C(=O)O)cnc2c1. The lowest BCUT2D eigenvalue weighted by atomic mass is 9.70. The molecule has 39 heavy (non-hydrogen) atoms. The first kappa shape index (κ1) is 24.6. The first-order valence-corrected chi connectivity index (χ1v) is 13.5. The Kier molecular flexibility index (Phi) is 5.37. The number of fused-ring (bicyclic) bond motifs is 2. The Morgan fingerprint density at radius 1 is 1.28 bits per heavy atom. The van der Waals surface area contributed by atoms with Crippen LogP contribution in [0.15, 0.2) is 47.2 Å². The van der Waals surface area contributed by atoms with E-state index in [2.05, 4.69) is 17.1 Å². The third-order valence-corrected chi connectivity index (χ3v) is 9.20. The van der Waals surface area contributed by atoms with E-state index in [0.29, 0.717) is 24.2 Å². The van der Waals surface area contributed by atoms with E-state index >= 15 is 4.39 Å². The summed E-state index contributed by atoms with van der Waals surface area (Å²) in [6, 6.07) is 8.24. The Morgan fingerprint density at radius 3 is 2.82 bits per heavy atom. The largest absolute Gasteiger partial charge is 0.484 e. The van der Waals surface area contributed by atoms with Crippen LogP contribution in [-0.2, 0) is 5.41 Å². The minimum Gasteiger partial charge on any atom is -0.484 e. The topological polar surface area (TPSA) is 89.9 Å². The van der Waals surface area contributed by atoms with E-state index in [4.69, 9.17) is 20.9 Å². The zero-order valence-corrected chi connectivity index (χ0v) is 21.9. The number of carbonyl (C=O) groups is 1. The third-order valence-electron chi connectivity index (χ3n) is 8.88. The summed E-state index contributed by atoms with van der Waals surface area (Å²) in [4.78, 5) is 15.7. The lowest BCUT2D eigenvalue weighted by Crippen LogP contribution is -2.42. The molecule has 0 saturated heterocycles. The highest BCUT2D eigenvalue weighted by Crippen LogP contribution is 2.67. The number of hydrogen-bond donors (Lipinski definition) is 1. The van der Waals surface area contributed by atoms with E-state index in [9.17, 15) is 14.3 Å². The maximum Gasteiger partial charge on any atom is 0.354 e. The minimum atomic E-state index is -1.58. The number of halogens is 3. The number of imidazole rings is 1. The highest BCUT2D eigenvalue weighted by atomic mass is 35.5. The van der Waals surface area contributed by atoms with E-state index in [1.165, 1.54) is 18.3 Å². The molecule has 3 saturated carbocycles. The molecule has 3 fully saturated rings. The highest BCUT2D eigenvalue weighted by molar-refractivity contribution is 6.33. The Labute approximate surface area is 227 Å². The van der Waals surface area contributed by atoms with Crippen LogP contribution in [0.5, 0.6) is 5.75 Å². The number of nitrogens with zero attached hydrogens (tertiary/aromatic N) is 3. The molecule has 3 aromatic heterocycles. The summed E-state index contributed by atoms with van der Waals surface area (Å²) in [6.07, 6.45) is 6.38. The number of ether oxygens (including phenoxy) is 1. The average Bonchev–Trinajstić information content (AvgIpc) is 3.78. The summed E-state index contributed by atoms with van der Waals surface area (Å²) in [7, 11) is 0. The van der Waals surface area contributed by atoms with Gasteiger partial charge in [-0.15, -0.1) is 0 Å². The zero-order valence-electron chi connectivity index (χ0n) is 21.2. The predicted molar refractivity (Wildman–Crippen MR) is 139 cm³/mol. The number of aromatic nitrogens is 3. The van der Waals surface area contributed by atoms with Crippen molar-refractivity contribution in [2.45, 2.75) is 56.0 Å². The van der Waals surface area contributed by atoms with Crippen molar-refractivity contribution in [2.75, 3.05) is 6.61 Å². The smallest absolute Gasteiger partial charge is 0.354 e. The summed E-state index contributed by atoms with van der Waals surface area (Å²) in [5.74, 6) is -0.514. The van der Waals surface area contributed by atoms with Crippen LogP contribution in [0.25, 0.3) is 16.9 Å². The van der Waals surface area contributed by atoms with Gasteiger partial charge in [0, 0.05) is 17.5 Å². The van der Waals surface area contributed by atoms with Crippen molar-refractivity contribution in [1.29, 1.82) is 0 Å². The van der Waals surface area contributed by atoms with E-state index in [1.807, 2.05) is 12.1 Å².